The normalized spacial score (nSPS) is 40.1. The molecule has 1 N–H and O–H groups in total. The van der Waals surface area contributed by atoms with Crippen molar-refractivity contribution in [3.05, 3.63) is 0 Å². The van der Waals surface area contributed by atoms with Crippen LogP contribution in [0.15, 0.2) is 0 Å². The van der Waals surface area contributed by atoms with Crippen LogP contribution in [0.5, 0.6) is 0 Å². The fourth-order valence-electron chi connectivity index (χ4n) is 2.27. The van der Waals surface area contributed by atoms with Gasteiger partial charge in [0.2, 0.25) is 0 Å². The van der Waals surface area contributed by atoms with Crippen LogP contribution in [0.25, 0.3) is 0 Å². The summed E-state index contributed by atoms with van der Waals surface area (Å²) in [6.07, 6.45) is 7.36. The highest BCUT2D eigenvalue weighted by atomic mass is 14.9. The molecule has 0 radical (unpaired) electrons. The van der Waals surface area contributed by atoms with E-state index in [1.807, 2.05) is 0 Å². The summed E-state index contributed by atoms with van der Waals surface area (Å²) in [4.78, 5) is 0. The lowest BCUT2D eigenvalue weighted by Gasteiger charge is -2.38. The lowest BCUT2D eigenvalue weighted by atomic mass is 9.76. The summed E-state index contributed by atoms with van der Waals surface area (Å²) >= 11 is 0. The second-order valence-corrected chi connectivity index (χ2v) is 4.39. The Morgan fingerprint density at radius 1 is 1.09 bits per heavy atom. The zero-order chi connectivity index (χ0) is 7.68. The van der Waals surface area contributed by atoms with Crippen molar-refractivity contribution in [2.75, 3.05) is 6.54 Å². The molecular formula is C10H19N. The molecule has 2 unspecified atom stereocenters. The Morgan fingerprint density at radius 2 is 1.91 bits per heavy atom. The fraction of sp³-hybridized carbons (Fsp3) is 1.00. The molecule has 1 nitrogen and oxygen atoms in total. The third-order valence-electron chi connectivity index (χ3n) is 3.42. The Bertz CT molecular complexity index is 121. The molecular weight excluding hydrogens is 134 g/mol. The van der Waals surface area contributed by atoms with Gasteiger partial charge in [0.1, 0.15) is 0 Å². The minimum Gasteiger partial charge on any atom is -0.313 e. The van der Waals surface area contributed by atoms with Crippen molar-refractivity contribution >= 4 is 0 Å². The van der Waals surface area contributed by atoms with Gasteiger partial charge in [0, 0.05) is 6.04 Å². The smallest absolute Gasteiger partial charge is 0.00955 e. The lowest BCUT2D eigenvalue weighted by Crippen LogP contribution is -2.44. The van der Waals surface area contributed by atoms with Gasteiger partial charge in [0.25, 0.3) is 0 Å². The van der Waals surface area contributed by atoms with Gasteiger partial charge in [-0.1, -0.05) is 13.3 Å². The minimum atomic E-state index is 0.889. The van der Waals surface area contributed by atoms with E-state index in [1.165, 1.54) is 38.6 Å². The molecule has 1 heteroatoms. The maximum atomic E-state index is 3.67. The van der Waals surface area contributed by atoms with Crippen LogP contribution in [0.3, 0.4) is 0 Å². The molecule has 0 bridgehead atoms. The van der Waals surface area contributed by atoms with Gasteiger partial charge in [-0.2, -0.15) is 0 Å². The highest BCUT2D eigenvalue weighted by Gasteiger charge is 2.29. The lowest BCUT2D eigenvalue weighted by molar-refractivity contribution is 0.181. The molecule has 11 heavy (non-hydrogen) atoms. The van der Waals surface area contributed by atoms with E-state index < -0.39 is 0 Å². The highest BCUT2D eigenvalue weighted by molar-refractivity contribution is 4.86. The molecule has 0 spiro atoms. The van der Waals surface area contributed by atoms with E-state index in [1.54, 1.807) is 0 Å². The first-order chi connectivity index (χ1) is 5.36. The SMILES string of the molecule is CC1CCC(C2CCC2)NC1. The molecule has 2 atom stereocenters. The molecule has 2 rings (SSSR count). The molecule has 0 aromatic heterocycles. The first-order valence-electron chi connectivity index (χ1n) is 5.09. The van der Waals surface area contributed by atoms with Gasteiger partial charge in [-0.25, -0.2) is 0 Å². The van der Waals surface area contributed by atoms with Crippen molar-refractivity contribution in [3.63, 3.8) is 0 Å². The summed E-state index contributed by atoms with van der Waals surface area (Å²) in [5.41, 5.74) is 0. The average molecular weight is 153 g/mol. The summed E-state index contributed by atoms with van der Waals surface area (Å²) < 4.78 is 0. The van der Waals surface area contributed by atoms with E-state index in [-0.39, 0.29) is 0 Å². The standard InChI is InChI=1S/C10H19N/c1-8-5-6-10(11-7-8)9-3-2-4-9/h8-11H,2-7H2,1H3. The van der Waals surface area contributed by atoms with E-state index in [9.17, 15) is 0 Å². The Labute approximate surface area is 69.6 Å². The Morgan fingerprint density at radius 3 is 2.36 bits per heavy atom. The third-order valence-corrected chi connectivity index (χ3v) is 3.42. The monoisotopic (exact) mass is 153 g/mol. The Balaban J connectivity index is 1.77. The topological polar surface area (TPSA) is 12.0 Å². The van der Waals surface area contributed by atoms with E-state index in [4.69, 9.17) is 0 Å². The van der Waals surface area contributed by atoms with Crippen molar-refractivity contribution in [1.29, 1.82) is 0 Å². The van der Waals surface area contributed by atoms with Crippen LogP contribution >= 0.6 is 0 Å². The number of nitrogens with one attached hydrogen (secondary N) is 1. The minimum absolute atomic E-state index is 0.889. The van der Waals surface area contributed by atoms with E-state index in [0.29, 0.717) is 0 Å². The van der Waals surface area contributed by atoms with Gasteiger partial charge in [-0.05, 0) is 44.1 Å². The third kappa shape index (κ3) is 1.58. The summed E-state index contributed by atoms with van der Waals surface area (Å²) in [7, 11) is 0. The second-order valence-electron chi connectivity index (χ2n) is 4.39. The summed E-state index contributed by atoms with van der Waals surface area (Å²) in [6, 6.07) is 0.889. The van der Waals surface area contributed by atoms with Crippen molar-refractivity contribution in [1.82, 2.24) is 5.32 Å². The van der Waals surface area contributed by atoms with Gasteiger partial charge in [0.05, 0.1) is 0 Å². The van der Waals surface area contributed by atoms with Crippen molar-refractivity contribution in [2.24, 2.45) is 11.8 Å². The number of rotatable bonds is 1. The maximum absolute atomic E-state index is 3.67. The van der Waals surface area contributed by atoms with Gasteiger partial charge in [0.15, 0.2) is 0 Å². The number of piperidine rings is 1. The van der Waals surface area contributed by atoms with E-state index in [0.717, 1.165) is 17.9 Å². The molecule has 2 fully saturated rings. The van der Waals surface area contributed by atoms with Gasteiger partial charge in [-0.3, -0.25) is 0 Å². The summed E-state index contributed by atoms with van der Waals surface area (Å²) in [5.74, 6) is 1.97. The number of hydrogen-bond donors (Lipinski definition) is 1. The molecule has 0 aromatic carbocycles. The summed E-state index contributed by atoms with van der Waals surface area (Å²) in [6.45, 7) is 3.62. The van der Waals surface area contributed by atoms with E-state index in [2.05, 4.69) is 12.2 Å². The quantitative estimate of drug-likeness (QED) is 0.609. The van der Waals surface area contributed by atoms with Gasteiger partial charge in [-0.15, -0.1) is 0 Å². The molecule has 1 aliphatic heterocycles. The maximum Gasteiger partial charge on any atom is 0.00955 e. The zero-order valence-corrected chi connectivity index (χ0v) is 7.47. The van der Waals surface area contributed by atoms with E-state index >= 15 is 0 Å². The van der Waals surface area contributed by atoms with Crippen molar-refractivity contribution in [3.8, 4) is 0 Å². The Hall–Kier alpha value is -0.0400. The van der Waals surface area contributed by atoms with Crippen LogP contribution in [0.2, 0.25) is 0 Å². The molecule has 1 heterocycles. The molecule has 0 amide bonds. The van der Waals surface area contributed by atoms with Crippen LogP contribution in [0, 0.1) is 11.8 Å². The largest absolute Gasteiger partial charge is 0.313 e. The summed E-state index contributed by atoms with van der Waals surface area (Å²) in [5, 5.41) is 3.67. The van der Waals surface area contributed by atoms with Crippen LogP contribution < -0.4 is 5.32 Å². The number of hydrogen-bond acceptors (Lipinski definition) is 1. The Kier molecular flexibility index (Phi) is 2.17. The first-order valence-corrected chi connectivity index (χ1v) is 5.09. The van der Waals surface area contributed by atoms with Crippen LogP contribution in [-0.4, -0.2) is 12.6 Å². The molecule has 0 aromatic rings. The first kappa shape index (κ1) is 7.60. The molecule has 1 aliphatic carbocycles. The van der Waals surface area contributed by atoms with Crippen molar-refractivity contribution < 1.29 is 0 Å². The molecule has 64 valence electrons. The van der Waals surface area contributed by atoms with Crippen LogP contribution in [-0.2, 0) is 0 Å². The highest BCUT2D eigenvalue weighted by Crippen LogP contribution is 2.33. The molecule has 1 saturated heterocycles. The molecule has 2 aliphatic rings. The average Bonchev–Trinajstić information content (AvgIpc) is 1.90. The fourth-order valence-corrected chi connectivity index (χ4v) is 2.27. The van der Waals surface area contributed by atoms with Crippen LogP contribution in [0.1, 0.15) is 39.0 Å². The predicted octanol–water partition coefficient (Wildman–Crippen LogP) is 2.17. The predicted molar refractivity (Wildman–Crippen MR) is 47.5 cm³/mol. The zero-order valence-electron chi connectivity index (χ0n) is 7.47. The van der Waals surface area contributed by atoms with Crippen molar-refractivity contribution in [2.45, 2.75) is 45.1 Å². The van der Waals surface area contributed by atoms with Gasteiger partial charge < -0.3 is 5.32 Å². The second kappa shape index (κ2) is 3.14. The van der Waals surface area contributed by atoms with Gasteiger partial charge >= 0.3 is 0 Å². The molecule has 1 saturated carbocycles. The van der Waals surface area contributed by atoms with Crippen LogP contribution in [0.4, 0.5) is 0 Å².